The van der Waals surface area contributed by atoms with E-state index in [1.54, 1.807) is 11.0 Å². The number of hydrogen-bond acceptors (Lipinski definition) is 5. The summed E-state index contributed by atoms with van der Waals surface area (Å²) in [4.78, 5) is 44.0. The Bertz CT molecular complexity index is 1790. The third kappa shape index (κ3) is 8.22. The minimum Gasteiger partial charge on any atom is -0.492 e. The van der Waals surface area contributed by atoms with E-state index >= 15 is 4.79 Å². The molecular weight excluding hydrogens is 701 g/mol. The van der Waals surface area contributed by atoms with Crippen molar-refractivity contribution in [3.8, 4) is 17.6 Å². The van der Waals surface area contributed by atoms with Crippen LogP contribution in [0, 0.1) is 24.6 Å². The maximum absolute atomic E-state index is 15.0. The summed E-state index contributed by atoms with van der Waals surface area (Å²) in [5.74, 6) is 5.43. The van der Waals surface area contributed by atoms with Crippen LogP contribution in [0.15, 0.2) is 71.2 Å². The molecular formula is C40H43BrFN3O5. The van der Waals surface area contributed by atoms with Crippen molar-refractivity contribution in [3.05, 3.63) is 99.3 Å². The molecule has 0 radical (unpaired) electrons. The summed E-state index contributed by atoms with van der Waals surface area (Å²) in [6.45, 7) is 3.37. The summed E-state index contributed by atoms with van der Waals surface area (Å²) in [5, 5.41) is 12.9. The number of carbonyl (C=O) groups excluding carboxylic acids is 2. The van der Waals surface area contributed by atoms with Crippen LogP contribution in [-0.2, 0) is 27.2 Å². The highest BCUT2D eigenvalue weighted by atomic mass is 79.9. The van der Waals surface area contributed by atoms with E-state index in [0.29, 0.717) is 36.3 Å². The van der Waals surface area contributed by atoms with E-state index in [0.717, 1.165) is 36.8 Å². The Labute approximate surface area is 301 Å². The summed E-state index contributed by atoms with van der Waals surface area (Å²) < 4.78 is 20.2. The smallest absolute Gasteiger partial charge is 0.303 e. The van der Waals surface area contributed by atoms with Gasteiger partial charge in [-0.3, -0.25) is 19.7 Å². The van der Waals surface area contributed by atoms with Gasteiger partial charge < -0.3 is 19.6 Å². The fourth-order valence-electron chi connectivity index (χ4n) is 7.18. The molecule has 2 N–H and O–H groups in total. The molecule has 1 aliphatic carbocycles. The van der Waals surface area contributed by atoms with E-state index in [-0.39, 0.29) is 55.4 Å². The molecule has 10 heteroatoms. The lowest BCUT2D eigenvalue weighted by Gasteiger charge is -2.53. The van der Waals surface area contributed by atoms with Gasteiger partial charge in [-0.05, 0) is 95.8 Å². The van der Waals surface area contributed by atoms with Crippen LogP contribution in [0.3, 0.4) is 0 Å². The van der Waals surface area contributed by atoms with E-state index in [1.165, 1.54) is 23.3 Å². The predicted molar refractivity (Wildman–Crippen MR) is 192 cm³/mol. The van der Waals surface area contributed by atoms with Crippen LogP contribution in [0.1, 0.15) is 73.2 Å². The SMILES string of the molecule is Cc1ccccc1CCN(C(=O)[C@@]12CC#C[C@@H](CN(C(=O)CCCC(=O)O)C1c1ccc(CCCOc3cc(F)ccc3Br)cc1)N2)C1CC1. The molecule has 2 aliphatic heterocycles. The lowest BCUT2D eigenvalue weighted by Crippen LogP contribution is -2.73. The van der Waals surface area contributed by atoms with Gasteiger partial charge in [0.15, 0.2) is 0 Å². The Kier molecular flexibility index (Phi) is 11.2. The fraction of sp³-hybridized carbons (Fsp3) is 0.425. The Hall–Kier alpha value is -4.20. The topological polar surface area (TPSA) is 99.2 Å². The number of rotatable bonds is 15. The van der Waals surface area contributed by atoms with Gasteiger partial charge in [-0.15, -0.1) is 0 Å². The van der Waals surface area contributed by atoms with Crippen LogP contribution >= 0.6 is 15.9 Å². The molecule has 50 heavy (non-hydrogen) atoms. The average Bonchev–Trinajstić information content (AvgIpc) is 3.94. The molecule has 3 aromatic rings. The van der Waals surface area contributed by atoms with Crippen LogP contribution in [0.5, 0.6) is 5.75 Å². The molecule has 1 saturated carbocycles. The zero-order chi connectivity index (χ0) is 35.3. The summed E-state index contributed by atoms with van der Waals surface area (Å²) in [6, 6.07) is 19.8. The molecule has 2 amide bonds. The van der Waals surface area contributed by atoms with Gasteiger partial charge in [0.05, 0.1) is 23.2 Å². The number of carboxylic acids is 1. The highest BCUT2D eigenvalue weighted by molar-refractivity contribution is 9.10. The number of amides is 2. The molecule has 8 nitrogen and oxygen atoms in total. The molecule has 2 fully saturated rings. The van der Waals surface area contributed by atoms with Crippen molar-refractivity contribution in [2.45, 2.75) is 88.4 Å². The fourth-order valence-corrected chi connectivity index (χ4v) is 7.54. The van der Waals surface area contributed by atoms with Gasteiger partial charge in [0.25, 0.3) is 0 Å². The van der Waals surface area contributed by atoms with Crippen molar-refractivity contribution in [3.63, 3.8) is 0 Å². The molecule has 3 aromatic carbocycles. The van der Waals surface area contributed by atoms with Crippen molar-refractivity contribution < 1.29 is 28.6 Å². The van der Waals surface area contributed by atoms with E-state index in [1.807, 2.05) is 41.3 Å². The first-order valence-electron chi connectivity index (χ1n) is 17.4. The lowest BCUT2D eigenvalue weighted by atomic mass is 9.75. The van der Waals surface area contributed by atoms with Crippen LogP contribution in [0.2, 0.25) is 0 Å². The number of nitrogens with zero attached hydrogens (tertiary/aromatic N) is 2. The quantitative estimate of drug-likeness (QED) is 0.139. The molecule has 1 saturated heterocycles. The lowest BCUT2D eigenvalue weighted by molar-refractivity contribution is -0.151. The van der Waals surface area contributed by atoms with Crippen molar-refractivity contribution in [2.75, 3.05) is 19.7 Å². The van der Waals surface area contributed by atoms with Gasteiger partial charge in [-0.1, -0.05) is 60.4 Å². The van der Waals surface area contributed by atoms with Gasteiger partial charge in [0.2, 0.25) is 11.8 Å². The average molecular weight is 745 g/mol. The number of hydrogen-bond donors (Lipinski definition) is 2. The van der Waals surface area contributed by atoms with Gasteiger partial charge in [-0.2, -0.15) is 0 Å². The second kappa shape index (κ2) is 15.8. The minimum absolute atomic E-state index is 0.0367. The molecule has 0 spiro atoms. The Morgan fingerprint density at radius 3 is 2.58 bits per heavy atom. The predicted octanol–water partition coefficient (Wildman–Crippen LogP) is 6.38. The molecule has 262 valence electrons. The highest BCUT2D eigenvalue weighted by Gasteiger charge is 2.57. The van der Waals surface area contributed by atoms with Crippen molar-refractivity contribution in [2.24, 2.45) is 0 Å². The summed E-state index contributed by atoms with van der Waals surface area (Å²) in [6.07, 6.45) is 4.51. The van der Waals surface area contributed by atoms with E-state index < -0.39 is 17.6 Å². The van der Waals surface area contributed by atoms with Crippen molar-refractivity contribution >= 4 is 33.7 Å². The maximum Gasteiger partial charge on any atom is 0.303 e. The highest BCUT2D eigenvalue weighted by Crippen LogP contribution is 2.43. The molecule has 0 aromatic heterocycles. The van der Waals surface area contributed by atoms with Crippen molar-refractivity contribution in [1.82, 2.24) is 15.1 Å². The standard InChI is InChI=1S/C40H43BrFN3O5/c1-27-7-2-3-9-29(27)21-23-44(33-18-19-33)39(49)40-22-5-10-32(43-40)26-45(36(46)11-4-12-37(47)48)38(40)30-15-13-28(14-16-30)8-6-24-50-35-25-31(42)17-20-34(35)41/h2-3,7,9,13-17,20,25,32-33,38,43H,4,6,8,11-12,18-19,21-24,26H2,1H3,(H,47,48)/t32-,38?,40+/m0/s1. The van der Waals surface area contributed by atoms with Crippen LogP contribution in [-0.4, -0.2) is 70.0 Å². The van der Waals surface area contributed by atoms with Gasteiger partial charge in [0.1, 0.15) is 17.1 Å². The number of benzene rings is 3. The summed E-state index contributed by atoms with van der Waals surface area (Å²) >= 11 is 3.40. The summed E-state index contributed by atoms with van der Waals surface area (Å²) in [7, 11) is 0. The van der Waals surface area contributed by atoms with Gasteiger partial charge in [0, 0.05) is 44.5 Å². The van der Waals surface area contributed by atoms with Gasteiger partial charge >= 0.3 is 5.97 Å². The number of fused-ring (bicyclic) bond motifs is 2. The second-order valence-electron chi connectivity index (χ2n) is 13.5. The number of piperazine rings is 1. The number of nitrogens with one attached hydrogen (secondary N) is 1. The first kappa shape index (κ1) is 35.6. The van der Waals surface area contributed by atoms with E-state index in [2.05, 4.69) is 52.1 Å². The monoisotopic (exact) mass is 743 g/mol. The minimum atomic E-state index is -1.15. The summed E-state index contributed by atoms with van der Waals surface area (Å²) in [5.41, 5.74) is 3.14. The van der Waals surface area contributed by atoms with Crippen molar-refractivity contribution in [1.29, 1.82) is 0 Å². The number of aliphatic carboxylic acids is 1. The molecule has 2 bridgehead atoms. The number of halogens is 2. The molecule has 1 unspecified atom stereocenters. The van der Waals surface area contributed by atoms with E-state index in [4.69, 9.17) is 4.74 Å². The number of carbonyl (C=O) groups is 3. The van der Waals surface area contributed by atoms with E-state index in [9.17, 15) is 19.1 Å². The third-order valence-corrected chi connectivity index (χ3v) is 10.6. The number of ether oxygens (including phenoxy) is 1. The normalized spacial score (nSPS) is 20.8. The Morgan fingerprint density at radius 1 is 1.06 bits per heavy atom. The second-order valence-corrected chi connectivity index (χ2v) is 14.4. The van der Waals surface area contributed by atoms with Crippen LogP contribution in [0.4, 0.5) is 4.39 Å². The van der Waals surface area contributed by atoms with Crippen LogP contribution in [0.25, 0.3) is 0 Å². The largest absolute Gasteiger partial charge is 0.492 e. The maximum atomic E-state index is 15.0. The first-order valence-corrected chi connectivity index (χ1v) is 18.2. The zero-order valence-corrected chi connectivity index (χ0v) is 29.9. The number of aryl methyl sites for hydroxylation is 2. The molecule has 2 heterocycles. The first-order chi connectivity index (χ1) is 24.1. The van der Waals surface area contributed by atoms with Crippen LogP contribution < -0.4 is 10.1 Å². The molecule has 6 rings (SSSR count). The Morgan fingerprint density at radius 2 is 1.84 bits per heavy atom. The molecule has 3 atom stereocenters. The Balaban J connectivity index is 1.25. The molecule has 3 aliphatic rings. The zero-order valence-electron chi connectivity index (χ0n) is 28.3. The van der Waals surface area contributed by atoms with Gasteiger partial charge in [-0.25, -0.2) is 4.39 Å². The third-order valence-electron chi connectivity index (χ3n) is 9.90. The number of carboxylic acid groups (broad SMARTS) is 1.